The van der Waals surface area contributed by atoms with Gasteiger partial charge in [-0.3, -0.25) is 0 Å². The van der Waals surface area contributed by atoms with Crippen molar-refractivity contribution >= 4 is 0 Å². The Labute approximate surface area is 151 Å². The van der Waals surface area contributed by atoms with E-state index in [1.54, 1.807) is 0 Å². The van der Waals surface area contributed by atoms with E-state index >= 15 is 0 Å². The Hall–Kier alpha value is -0.760. The van der Waals surface area contributed by atoms with Crippen LogP contribution in [0.15, 0.2) is 23.0 Å². The van der Waals surface area contributed by atoms with E-state index in [1.807, 2.05) is 12.5 Å². The van der Waals surface area contributed by atoms with Gasteiger partial charge in [-0.05, 0) is 103 Å². The molecule has 4 saturated carbocycles. The lowest BCUT2D eigenvalue weighted by Gasteiger charge is -2.60. The minimum absolute atomic E-state index is 0.502. The minimum atomic E-state index is 0.502. The van der Waals surface area contributed by atoms with Crippen LogP contribution >= 0.6 is 0 Å². The van der Waals surface area contributed by atoms with Crippen LogP contribution < -0.4 is 0 Å². The first-order chi connectivity index (χ1) is 12.1. The summed E-state index contributed by atoms with van der Waals surface area (Å²) in [6.45, 7) is 5.27. The molecule has 0 bridgehead atoms. The zero-order valence-electron chi connectivity index (χ0n) is 15.7. The number of hydrogen-bond donors (Lipinski definition) is 0. The zero-order chi connectivity index (χ0) is 16.8. The first-order valence-corrected chi connectivity index (χ1v) is 10.8. The normalized spacial score (nSPS) is 56.5. The first kappa shape index (κ1) is 15.3. The Balaban J connectivity index is 1.32. The molecule has 0 N–H and O–H groups in total. The summed E-state index contributed by atoms with van der Waals surface area (Å²) in [5.41, 5.74) is 2.53. The van der Waals surface area contributed by atoms with Crippen LogP contribution in [0.3, 0.4) is 0 Å². The molecule has 5 aliphatic rings. The fraction of sp³-hybridized carbons (Fsp3) is 0.826. The Morgan fingerprint density at radius 2 is 1.84 bits per heavy atom. The van der Waals surface area contributed by atoms with E-state index in [2.05, 4.69) is 19.9 Å². The molecule has 9 atom stereocenters. The van der Waals surface area contributed by atoms with Gasteiger partial charge in [0.1, 0.15) is 0 Å². The second kappa shape index (κ2) is 4.94. The molecule has 0 spiro atoms. The summed E-state index contributed by atoms with van der Waals surface area (Å²) >= 11 is 0. The molecule has 2 heteroatoms. The molecule has 5 fully saturated rings. The van der Waals surface area contributed by atoms with Crippen molar-refractivity contribution in [1.82, 2.24) is 0 Å². The van der Waals surface area contributed by atoms with Crippen LogP contribution in [0.4, 0.5) is 0 Å². The molecule has 1 aromatic heterocycles. The SMILES string of the molecule is C[C@]12CC3OC3C[C@H]1CC[C@@H]1[C@@H]2CC[C@]2(C)[C@@H](c3ccoc3)CC[C@@H]12. The van der Waals surface area contributed by atoms with Gasteiger partial charge in [-0.25, -0.2) is 0 Å². The maximum Gasteiger partial charge on any atom is 0.0937 e. The molecule has 1 saturated heterocycles. The van der Waals surface area contributed by atoms with Gasteiger partial charge in [-0.15, -0.1) is 0 Å². The van der Waals surface area contributed by atoms with Gasteiger partial charge in [0, 0.05) is 0 Å². The Morgan fingerprint density at radius 1 is 0.960 bits per heavy atom. The van der Waals surface area contributed by atoms with E-state index in [4.69, 9.17) is 9.15 Å². The molecule has 1 aliphatic heterocycles. The van der Waals surface area contributed by atoms with E-state index < -0.39 is 0 Å². The van der Waals surface area contributed by atoms with Crippen LogP contribution in [0, 0.1) is 34.5 Å². The maximum atomic E-state index is 5.98. The van der Waals surface area contributed by atoms with Crippen molar-refractivity contribution in [1.29, 1.82) is 0 Å². The van der Waals surface area contributed by atoms with Crippen LogP contribution in [-0.2, 0) is 4.74 Å². The standard InChI is InChI=1S/C23H32O2/c1-22-9-7-19-16(18(22)6-5-17(22)14-8-10-24-13-14)4-3-15-11-20-21(25-20)12-23(15,19)2/h8,10,13,15-21H,3-7,9,11-12H2,1-2H3/t15-,16+,17-,18+,19+,20?,21?,22-,23+/m1/s1. The third kappa shape index (κ3) is 1.95. The predicted molar refractivity (Wildman–Crippen MR) is 97.2 cm³/mol. The lowest BCUT2D eigenvalue weighted by molar-refractivity contribution is -0.101. The van der Waals surface area contributed by atoms with Gasteiger partial charge in [0.15, 0.2) is 0 Å². The van der Waals surface area contributed by atoms with Gasteiger partial charge in [-0.2, -0.15) is 0 Å². The van der Waals surface area contributed by atoms with Gasteiger partial charge in [0.25, 0.3) is 0 Å². The van der Waals surface area contributed by atoms with E-state index in [0.29, 0.717) is 23.0 Å². The van der Waals surface area contributed by atoms with Gasteiger partial charge in [-0.1, -0.05) is 13.8 Å². The summed E-state index contributed by atoms with van der Waals surface area (Å²) in [6, 6.07) is 2.23. The lowest BCUT2D eigenvalue weighted by atomic mass is 9.45. The van der Waals surface area contributed by atoms with Gasteiger partial charge in [0.05, 0.1) is 24.7 Å². The Kier molecular flexibility index (Phi) is 3.03. The molecule has 2 unspecified atom stereocenters. The number of epoxide rings is 1. The average Bonchev–Trinajstić information content (AvgIpc) is 2.98. The molecule has 2 heterocycles. The van der Waals surface area contributed by atoms with E-state index in [9.17, 15) is 0 Å². The summed E-state index contributed by atoms with van der Waals surface area (Å²) in [5, 5.41) is 0. The predicted octanol–water partition coefficient (Wildman–Crippen LogP) is 5.78. The van der Waals surface area contributed by atoms with Crippen LogP contribution in [-0.4, -0.2) is 12.2 Å². The van der Waals surface area contributed by atoms with Crippen molar-refractivity contribution in [3.63, 3.8) is 0 Å². The molecule has 1 aromatic rings. The largest absolute Gasteiger partial charge is 0.472 e. The fourth-order valence-electron chi connectivity index (χ4n) is 8.54. The van der Waals surface area contributed by atoms with Crippen molar-refractivity contribution < 1.29 is 9.15 Å². The second-order valence-corrected chi connectivity index (χ2v) is 10.5. The fourth-order valence-corrected chi connectivity index (χ4v) is 8.54. The number of furan rings is 1. The molecule has 6 rings (SSSR count). The lowest BCUT2D eigenvalue weighted by Crippen LogP contribution is -2.53. The number of rotatable bonds is 1. The molecular weight excluding hydrogens is 308 g/mol. The Morgan fingerprint density at radius 3 is 2.68 bits per heavy atom. The maximum absolute atomic E-state index is 5.98. The number of fused-ring (bicyclic) bond motifs is 6. The number of hydrogen-bond acceptors (Lipinski definition) is 2. The van der Waals surface area contributed by atoms with Gasteiger partial charge in [0.2, 0.25) is 0 Å². The summed E-state index contributed by atoms with van der Waals surface area (Å²) in [7, 11) is 0. The third-order valence-corrected chi connectivity index (χ3v) is 9.86. The third-order valence-electron chi connectivity index (χ3n) is 9.86. The molecule has 2 nitrogen and oxygen atoms in total. The summed E-state index contributed by atoms with van der Waals surface area (Å²) < 4.78 is 11.4. The van der Waals surface area contributed by atoms with Crippen molar-refractivity contribution in [3.05, 3.63) is 24.2 Å². The van der Waals surface area contributed by atoms with E-state index in [0.717, 1.165) is 29.6 Å². The molecule has 0 aromatic carbocycles. The topological polar surface area (TPSA) is 25.7 Å². The quantitative estimate of drug-likeness (QED) is 0.605. The first-order valence-electron chi connectivity index (χ1n) is 10.8. The van der Waals surface area contributed by atoms with E-state index in [-0.39, 0.29) is 0 Å². The minimum Gasteiger partial charge on any atom is -0.472 e. The summed E-state index contributed by atoms with van der Waals surface area (Å²) in [6.07, 6.45) is 16.5. The molecule has 136 valence electrons. The monoisotopic (exact) mass is 340 g/mol. The molecule has 4 aliphatic carbocycles. The molecule has 25 heavy (non-hydrogen) atoms. The zero-order valence-corrected chi connectivity index (χ0v) is 15.7. The van der Waals surface area contributed by atoms with Crippen molar-refractivity contribution in [2.45, 2.75) is 83.3 Å². The highest BCUT2D eigenvalue weighted by molar-refractivity contribution is 5.22. The van der Waals surface area contributed by atoms with Crippen LogP contribution in [0.2, 0.25) is 0 Å². The second-order valence-electron chi connectivity index (χ2n) is 10.5. The highest BCUT2D eigenvalue weighted by atomic mass is 16.6. The molecular formula is C23H32O2. The van der Waals surface area contributed by atoms with Crippen molar-refractivity contribution in [3.8, 4) is 0 Å². The molecule has 0 radical (unpaired) electrons. The van der Waals surface area contributed by atoms with E-state index in [1.165, 1.54) is 56.9 Å². The number of ether oxygens (including phenoxy) is 1. The van der Waals surface area contributed by atoms with Gasteiger partial charge >= 0.3 is 0 Å². The highest BCUT2D eigenvalue weighted by Gasteiger charge is 2.63. The smallest absolute Gasteiger partial charge is 0.0937 e. The summed E-state index contributed by atoms with van der Waals surface area (Å²) in [4.78, 5) is 0. The van der Waals surface area contributed by atoms with Crippen molar-refractivity contribution in [2.75, 3.05) is 0 Å². The van der Waals surface area contributed by atoms with Crippen LogP contribution in [0.1, 0.15) is 76.7 Å². The summed E-state index contributed by atoms with van der Waals surface area (Å²) in [5.74, 6) is 4.52. The average molecular weight is 341 g/mol. The van der Waals surface area contributed by atoms with Crippen molar-refractivity contribution in [2.24, 2.45) is 34.5 Å². The van der Waals surface area contributed by atoms with Gasteiger partial charge < -0.3 is 9.15 Å². The van der Waals surface area contributed by atoms with Crippen LogP contribution in [0.25, 0.3) is 0 Å². The molecule has 0 amide bonds. The Bertz CT molecular complexity index is 666. The highest BCUT2D eigenvalue weighted by Crippen LogP contribution is 2.70. The van der Waals surface area contributed by atoms with Crippen LogP contribution in [0.5, 0.6) is 0 Å².